The maximum Gasteiger partial charge on any atom is 0.317 e. The van der Waals surface area contributed by atoms with Gasteiger partial charge in [0, 0.05) is 39.3 Å². The van der Waals surface area contributed by atoms with E-state index < -0.39 is 0 Å². The summed E-state index contributed by atoms with van der Waals surface area (Å²) >= 11 is 0. The number of nitrogens with zero attached hydrogens (tertiary/aromatic N) is 2. The molecule has 19 heavy (non-hydrogen) atoms. The molecule has 0 radical (unpaired) electrons. The molecule has 2 heterocycles. The van der Waals surface area contributed by atoms with Crippen molar-refractivity contribution in [3.8, 4) is 0 Å². The zero-order valence-corrected chi connectivity index (χ0v) is 11.8. The van der Waals surface area contributed by atoms with Gasteiger partial charge in [0.15, 0.2) is 0 Å². The van der Waals surface area contributed by atoms with E-state index in [2.05, 4.69) is 17.6 Å². The highest BCUT2D eigenvalue weighted by Crippen LogP contribution is 2.19. The summed E-state index contributed by atoms with van der Waals surface area (Å²) in [6.45, 7) is 8.95. The molecule has 0 bridgehead atoms. The summed E-state index contributed by atoms with van der Waals surface area (Å²) in [5.74, 6) is 0.762. The molecule has 0 saturated carbocycles. The third-order valence-electron chi connectivity index (χ3n) is 4.04. The molecule has 0 unspecified atom stereocenters. The summed E-state index contributed by atoms with van der Waals surface area (Å²) in [7, 11) is 0. The molecule has 2 atom stereocenters. The molecule has 2 saturated heterocycles. The average Bonchev–Trinajstić information content (AvgIpc) is 2.84. The summed E-state index contributed by atoms with van der Waals surface area (Å²) in [4.78, 5) is 27.8. The van der Waals surface area contributed by atoms with Gasteiger partial charge in [-0.15, -0.1) is 0 Å². The summed E-state index contributed by atoms with van der Waals surface area (Å²) in [6.07, 6.45) is 0. The number of carbonyl (C=O) groups is 2. The molecule has 6 heteroatoms. The van der Waals surface area contributed by atoms with Gasteiger partial charge in [0.05, 0.1) is 5.92 Å². The molecule has 2 fully saturated rings. The maximum atomic E-state index is 12.4. The van der Waals surface area contributed by atoms with Gasteiger partial charge in [-0.1, -0.05) is 6.92 Å². The lowest BCUT2D eigenvalue weighted by Crippen LogP contribution is -2.54. The van der Waals surface area contributed by atoms with Crippen LogP contribution < -0.4 is 10.6 Å². The molecule has 2 N–H and O–H groups in total. The van der Waals surface area contributed by atoms with E-state index in [4.69, 9.17) is 0 Å². The third kappa shape index (κ3) is 3.18. The maximum absolute atomic E-state index is 12.4. The summed E-state index contributed by atoms with van der Waals surface area (Å²) in [5.41, 5.74) is 0. The smallest absolute Gasteiger partial charge is 0.317 e. The van der Waals surface area contributed by atoms with E-state index in [9.17, 15) is 9.59 Å². The van der Waals surface area contributed by atoms with Crippen molar-refractivity contribution < 1.29 is 9.59 Å². The van der Waals surface area contributed by atoms with Crippen LogP contribution in [0.15, 0.2) is 0 Å². The minimum Gasteiger partial charge on any atom is -0.339 e. The normalized spacial score (nSPS) is 27.5. The van der Waals surface area contributed by atoms with E-state index in [1.54, 1.807) is 4.90 Å². The fourth-order valence-corrected chi connectivity index (χ4v) is 2.77. The first kappa shape index (κ1) is 14.1. The zero-order valence-electron chi connectivity index (χ0n) is 11.8. The van der Waals surface area contributed by atoms with Crippen LogP contribution >= 0.6 is 0 Å². The van der Waals surface area contributed by atoms with Crippen LogP contribution in [-0.4, -0.2) is 67.6 Å². The van der Waals surface area contributed by atoms with E-state index in [0.717, 1.165) is 13.1 Å². The number of hydrogen-bond acceptors (Lipinski definition) is 3. The van der Waals surface area contributed by atoms with Gasteiger partial charge in [-0.2, -0.15) is 0 Å². The molecule has 108 valence electrons. The summed E-state index contributed by atoms with van der Waals surface area (Å²) in [5, 5.41) is 6.06. The lowest BCUT2D eigenvalue weighted by molar-refractivity contribution is -0.137. The average molecular weight is 268 g/mol. The second-order valence-corrected chi connectivity index (χ2v) is 5.39. The number of nitrogens with one attached hydrogen (secondary N) is 2. The van der Waals surface area contributed by atoms with Crippen molar-refractivity contribution in [2.75, 3.05) is 45.8 Å². The van der Waals surface area contributed by atoms with Crippen molar-refractivity contribution in [1.82, 2.24) is 20.4 Å². The van der Waals surface area contributed by atoms with Crippen LogP contribution in [0.4, 0.5) is 4.79 Å². The second kappa shape index (κ2) is 6.23. The molecule has 2 aliphatic heterocycles. The molecule has 0 spiro atoms. The van der Waals surface area contributed by atoms with Gasteiger partial charge in [0.25, 0.3) is 0 Å². The van der Waals surface area contributed by atoms with Gasteiger partial charge in [0.2, 0.25) is 5.91 Å². The van der Waals surface area contributed by atoms with Crippen LogP contribution in [-0.2, 0) is 4.79 Å². The molecule has 0 aromatic carbocycles. The van der Waals surface area contributed by atoms with Crippen LogP contribution in [0.2, 0.25) is 0 Å². The minimum absolute atomic E-state index is 0.0227. The van der Waals surface area contributed by atoms with Gasteiger partial charge in [-0.05, 0) is 19.4 Å². The first-order valence-electron chi connectivity index (χ1n) is 7.15. The monoisotopic (exact) mass is 268 g/mol. The van der Waals surface area contributed by atoms with Gasteiger partial charge in [0.1, 0.15) is 0 Å². The van der Waals surface area contributed by atoms with Gasteiger partial charge in [-0.3, -0.25) is 4.79 Å². The van der Waals surface area contributed by atoms with E-state index in [1.165, 1.54) is 0 Å². The zero-order chi connectivity index (χ0) is 13.8. The highest BCUT2D eigenvalue weighted by Gasteiger charge is 2.34. The number of urea groups is 1. The molecule has 3 amide bonds. The predicted molar refractivity (Wildman–Crippen MR) is 72.7 cm³/mol. The van der Waals surface area contributed by atoms with Crippen molar-refractivity contribution in [2.45, 2.75) is 13.8 Å². The molecule has 0 aromatic heterocycles. The number of amides is 3. The molecular weight excluding hydrogens is 244 g/mol. The summed E-state index contributed by atoms with van der Waals surface area (Å²) < 4.78 is 0. The topological polar surface area (TPSA) is 64.7 Å². The predicted octanol–water partition coefficient (Wildman–Crippen LogP) is -0.284. The van der Waals surface area contributed by atoms with Gasteiger partial charge < -0.3 is 20.4 Å². The van der Waals surface area contributed by atoms with Crippen molar-refractivity contribution in [2.24, 2.45) is 11.8 Å². The van der Waals surface area contributed by atoms with Crippen molar-refractivity contribution in [1.29, 1.82) is 0 Å². The van der Waals surface area contributed by atoms with Crippen molar-refractivity contribution in [3.05, 3.63) is 0 Å². The second-order valence-electron chi connectivity index (χ2n) is 5.39. The largest absolute Gasteiger partial charge is 0.339 e. The Morgan fingerprint density at radius 3 is 2.32 bits per heavy atom. The SMILES string of the molecule is CCNC(=O)N1CCN(C(=O)[C@@H]2CNC[C@H]2C)CC1. The highest BCUT2D eigenvalue weighted by molar-refractivity contribution is 5.80. The van der Waals surface area contributed by atoms with E-state index in [1.807, 2.05) is 11.8 Å². The fraction of sp³-hybridized carbons (Fsp3) is 0.846. The molecule has 2 aliphatic rings. The van der Waals surface area contributed by atoms with E-state index in [-0.39, 0.29) is 17.9 Å². The number of rotatable bonds is 2. The van der Waals surface area contributed by atoms with Crippen LogP contribution in [0.5, 0.6) is 0 Å². The fourth-order valence-electron chi connectivity index (χ4n) is 2.77. The van der Waals surface area contributed by atoms with E-state index in [0.29, 0.717) is 38.6 Å². The Hall–Kier alpha value is -1.30. The lowest BCUT2D eigenvalue weighted by atomic mass is 9.96. The van der Waals surface area contributed by atoms with Crippen LogP contribution in [0.1, 0.15) is 13.8 Å². The number of hydrogen-bond donors (Lipinski definition) is 2. The van der Waals surface area contributed by atoms with Crippen molar-refractivity contribution in [3.63, 3.8) is 0 Å². The van der Waals surface area contributed by atoms with Crippen LogP contribution in [0.25, 0.3) is 0 Å². The van der Waals surface area contributed by atoms with Gasteiger partial charge in [-0.25, -0.2) is 4.79 Å². The van der Waals surface area contributed by atoms with E-state index >= 15 is 0 Å². The Morgan fingerprint density at radius 1 is 1.16 bits per heavy atom. The highest BCUT2D eigenvalue weighted by atomic mass is 16.2. The first-order valence-corrected chi connectivity index (χ1v) is 7.15. The quantitative estimate of drug-likeness (QED) is 0.724. The Kier molecular flexibility index (Phi) is 4.63. The molecule has 0 aromatic rings. The summed E-state index contributed by atoms with van der Waals surface area (Å²) in [6, 6.07) is -0.0227. The lowest BCUT2D eigenvalue weighted by Gasteiger charge is -2.36. The molecule has 0 aliphatic carbocycles. The standard InChI is InChI=1S/C13H24N4O2/c1-3-15-13(19)17-6-4-16(5-7-17)12(18)11-9-14-8-10(11)2/h10-11,14H,3-9H2,1-2H3,(H,15,19)/t10-,11-/m1/s1. The Bertz CT molecular complexity index is 340. The van der Waals surface area contributed by atoms with Crippen molar-refractivity contribution >= 4 is 11.9 Å². The Balaban J connectivity index is 1.82. The Labute approximate surface area is 114 Å². The molecule has 6 nitrogen and oxygen atoms in total. The third-order valence-corrected chi connectivity index (χ3v) is 4.04. The molecule has 2 rings (SSSR count). The minimum atomic E-state index is -0.0227. The first-order chi connectivity index (χ1) is 9.13. The molecular formula is C13H24N4O2. The Morgan fingerprint density at radius 2 is 1.79 bits per heavy atom. The number of carbonyl (C=O) groups excluding carboxylic acids is 2. The van der Waals surface area contributed by atoms with Crippen LogP contribution in [0.3, 0.4) is 0 Å². The van der Waals surface area contributed by atoms with Crippen LogP contribution in [0, 0.1) is 11.8 Å². The number of piperazine rings is 1. The van der Waals surface area contributed by atoms with Gasteiger partial charge >= 0.3 is 6.03 Å².